The molecule has 294 valence electrons. The van der Waals surface area contributed by atoms with Crippen LogP contribution in [0, 0.1) is 33.1 Å². The summed E-state index contributed by atoms with van der Waals surface area (Å²) in [7, 11) is 0. The van der Waals surface area contributed by atoms with E-state index in [0.717, 1.165) is 12.8 Å². The minimum absolute atomic E-state index is 0.605. The van der Waals surface area contributed by atoms with Crippen LogP contribution in [0.25, 0.3) is 56.7 Å². The van der Waals surface area contributed by atoms with Gasteiger partial charge in [-0.3, -0.25) is 0 Å². The van der Waals surface area contributed by atoms with Gasteiger partial charge in [-0.1, -0.05) is 152 Å². The number of anilines is 2. The normalized spacial score (nSPS) is 17.7. The second-order valence-electron chi connectivity index (χ2n) is 18.1. The highest BCUT2D eigenvalue weighted by Crippen LogP contribution is 2.64. The maximum atomic E-state index is 2.75. The molecule has 0 saturated carbocycles. The Morgan fingerprint density at radius 2 is 1.05 bits per heavy atom. The van der Waals surface area contributed by atoms with Gasteiger partial charge in [0.1, 0.15) is 0 Å². The Kier molecular flexibility index (Phi) is 7.39. The predicted molar refractivity (Wildman–Crippen MR) is 260 cm³/mol. The number of benzene rings is 7. The van der Waals surface area contributed by atoms with Crippen molar-refractivity contribution >= 4 is 34.7 Å². The lowest BCUT2D eigenvalue weighted by Crippen LogP contribution is -2.38. The summed E-state index contributed by atoms with van der Waals surface area (Å²) in [6, 6.07) is 50.3. The number of hydrogen-bond donors (Lipinski definition) is 0. The van der Waals surface area contributed by atoms with Crippen LogP contribution in [0.4, 0.5) is 11.4 Å². The zero-order valence-corrected chi connectivity index (χ0v) is 35.6. The molecule has 1 unspecified atom stereocenters. The second-order valence-corrected chi connectivity index (χ2v) is 18.1. The molecule has 6 aliphatic carbocycles. The molecule has 0 N–H and O–H groups in total. The maximum absolute atomic E-state index is 2.75. The summed E-state index contributed by atoms with van der Waals surface area (Å²) in [5, 5.41) is 0. The van der Waals surface area contributed by atoms with Crippen molar-refractivity contribution in [2.75, 3.05) is 4.90 Å². The quantitative estimate of drug-likeness (QED) is 0.172. The van der Waals surface area contributed by atoms with Crippen molar-refractivity contribution in [3.8, 4) is 33.4 Å². The fourth-order valence-corrected chi connectivity index (χ4v) is 11.9. The van der Waals surface area contributed by atoms with Crippen molar-refractivity contribution in [1.29, 1.82) is 0 Å². The lowest BCUT2D eigenvalue weighted by molar-refractivity contribution is 0.675. The molecule has 62 heavy (non-hydrogen) atoms. The maximum Gasteiger partial charge on any atom is 0.0803 e. The third kappa shape index (κ3) is 4.69. The number of nitrogens with zero attached hydrogens (tertiary/aromatic N) is 1. The van der Waals surface area contributed by atoms with Crippen molar-refractivity contribution < 1.29 is 0 Å². The molecule has 1 heteroatoms. The second kappa shape index (κ2) is 12.9. The van der Waals surface area contributed by atoms with Crippen LogP contribution in [-0.2, 0) is 12.8 Å². The lowest BCUT2D eigenvalue weighted by Gasteiger charge is -2.47. The number of aryl methyl sites for hydroxylation is 2. The molecule has 0 heterocycles. The third-order valence-corrected chi connectivity index (χ3v) is 15.1. The highest BCUT2D eigenvalue weighted by atomic mass is 15.2. The van der Waals surface area contributed by atoms with E-state index in [-0.39, 0.29) is 0 Å². The summed E-state index contributed by atoms with van der Waals surface area (Å²) < 4.78 is 0. The van der Waals surface area contributed by atoms with E-state index in [1.807, 2.05) is 0 Å². The van der Waals surface area contributed by atoms with Gasteiger partial charge in [-0.05, 0) is 175 Å². The van der Waals surface area contributed by atoms with Crippen LogP contribution in [0.1, 0.15) is 66.8 Å². The fraction of sp³-hybridized carbons (Fsp3) is 0.115. The Labute approximate surface area is 364 Å². The largest absolute Gasteiger partial charge is 0.311 e. The van der Waals surface area contributed by atoms with Gasteiger partial charge in [0.15, 0.2) is 0 Å². The number of fused-ring (bicyclic) bond motifs is 14. The Morgan fingerprint density at radius 1 is 0.468 bits per heavy atom. The van der Waals surface area contributed by atoms with Gasteiger partial charge in [0, 0.05) is 17.7 Å². The molecular weight excluding hydrogens is 747 g/mol. The highest BCUT2D eigenvalue weighted by Gasteiger charge is 2.51. The summed E-state index contributed by atoms with van der Waals surface area (Å²) in [6.07, 6.45) is 18.9. The Bertz CT molecular complexity index is 3370. The zero-order chi connectivity index (χ0) is 41.4. The van der Waals surface area contributed by atoms with Gasteiger partial charge in [0.2, 0.25) is 0 Å². The molecule has 7 aromatic carbocycles. The van der Waals surface area contributed by atoms with E-state index >= 15 is 0 Å². The molecule has 1 atom stereocenters. The van der Waals surface area contributed by atoms with Crippen LogP contribution in [0.2, 0.25) is 0 Å². The molecule has 0 aliphatic heterocycles. The van der Waals surface area contributed by atoms with E-state index in [9.17, 15) is 0 Å². The molecule has 0 radical (unpaired) electrons. The van der Waals surface area contributed by atoms with Gasteiger partial charge in [0.25, 0.3) is 0 Å². The molecule has 6 aliphatic rings. The lowest BCUT2D eigenvalue weighted by atomic mass is 9.63. The average molecular weight is 792 g/mol. The minimum Gasteiger partial charge on any atom is -0.311 e. The third-order valence-electron chi connectivity index (χ3n) is 15.1. The molecule has 0 bridgehead atoms. The highest BCUT2D eigenvalue weighted by molar-refractivity contribution is 6.08. The van der Waals surface area contributed by atoms with Crippen molar-refractivity contribution in [3.05, 3.63) is 247 Å². The van der Waals surface area contributed by atoms with Crippen molar-refractivity contribution in [3.63, 3.8) is 0 Å². The number of hydrogen-bond acceptors (Lipinski definition) is 1. The van der Waals surface area contributed by atoms with Crippen LogP contribution in [0.5, 0.6) is 0 Å². The first-order valence-electron chi connectivity index (χ1n) is 22.2. The summed E-state index contributed by atoms with van der Waals surface area (Å²) in [5.41, 5.74) is 32.6. The van der Waals surface area contributed by atoms with E-state index < -0.39 is 5.41 Å². The molecule has 7 aromatic rings. The van der Waals surface area contributed by atoms with Crippen LogP contribution in [0.3, 0.4) is 0 Å². The van der Waals surface area contributed by atoms with Crippen LogP contribution in [0.15, 0.2) is 181 Å². The van der Waals surface area contributed by atoms with Gasteiger partial charge in [0.05, 0.1) is 16.8 Å². The summed E-state index contributed by atoms with van der Waals surface area (Å²) in [6.45, 7) is 9.33. The van der Waals surface area contributed by atoms with Crippen molar-refractivity contribution in [2.24, 2.45) is 5.41 Å². The van der Waals surface area contributed by atoms with E-state index in [1.54, 1.807) is 0 Å². The molecular formula is C61H45N. The first-order valence-corrected chi connectivity index (χ1v) is 22.2. The standard InChI is InChI=1S/C61H45N/c1-36-26-28-57(59(38(36)3)51-24-13-23-48-44-19-9-5-15-40(44)32-53(48)51)62(60-39(4)37(2)31-52-47-22-12-6-16-41(47)33-54(52)60)58-29-27-50-46-21-11-8-18-43(46)35-56(50)61(58)30-14-25-49-45-20-10-7-17-42(45)34-55(49)61/h5-31,34-35H,32-33H2,1-4H3. The van der Waals surface area contributed by atoms with Crippen LogP contribution in [-0.4, -0.2) is 0 Å². The van der Waals surface area contributed by atoms with Gasteiger partial charge >= 0.3 is 0 Å². The molecule has 0 fully saturated rings. The zero-order valence-electron chi connectivity index (χ0n) is 35.6. The molecule has 13 rings (SSSR count). The molecule has 0 saturated heterocycles. The number of allylic oxidation sites excluding steroid dienone is 7. The van der Waals surface area contributed by atoms with E-state index in [2.05, 4.69) is 209 Å². The van der Waals surface area contributed by atoms with Crippen LogP contribution >= 0.6 is 0 Å². The topological polar surface area (TPSA) is 3.24 Å². The Morgan fingerprint density at radius 3 is 1.76 bits per heavy atom. The first-order chi connectivity index (χ1) is 30.4. The Balaban J connectivity index is 1.15. The summed E-state index contributed by atoms with van der Waals surface area (Å²) in [5.74, 6) is 0. The summed E-state index contributed by atoms with van der Waals surface area (Å²) >= 11 is 0. The number of rotatable bonds is 4. The van der Waals surface area contributed by atoms with Gasteiger partial charge in [-0.2, -0.15) is 0 Å². The van der Waals surface area contributed by atoms with Gasteiger partial charge < -0.3 is 4.90 Å². The van der Waals surface area contributed by atoms with Crippen LogP contribution < -0.4 is 4.90 Å². The van der Waals surface area contributed by atoms with E-state index in [4.69, 9.17) is 0 Å². The van der Waals surface area contributed by atoms with E-state index in [1.165, 1.54) is 140 Å². The molecule has 0 amide bonds. The van der Waals surface area contributed by atoms with Crippen molar-refractivity contribution in [2.45, 2.75) is 40.5 Å². The predicted octanol–water partition coefficient (Wildman–Crippen LogP) is 15.3. The van der Waals surface area contributed by atoms with Gasteiger partial charge in [-0.25, -0.2) is 0 Å². The van der Waals surface area contributed by atoms with Gasteiger partial charge in [-0.15, -0.1) is 0 Å². The minimum atomic E-state index is -0.605. The monoisotopic (exact) mass is 791 g/mol. The Hall–Kier alpha value is -7.22. The molecule has 1 nitrogen and oxygen atoms in total. The van der Waals surface area contributed by atoms with E-state index in [0.29, 0.717) is 0 Å². The smallest absolute Gasteiger partial charge is 0.0803 e. The molecule has 0 aromatic heterocycles. The SMILES string of the molecule is Cc1ccc(N(C2=CC=C3C(=Cc4ccccc43)C23C=CC=C2C3=Cc3ccccc32)c2c(C)c(C)cc3c2Cc2ccccc2-3)c(-c2cccc3c2Cc2ccccc2-3)c1C. The summed E-state index contributed by atoms with van der Waals surface area (Å²) in [4.78, 5) is 2.75. The van der Waals surface area contributed by atoms with Crippen molar-refractivity contribution in [1.82, 2.24) is 0 Å². The first kappa shape index (κ1) is 35.5. The molecule has 1 spiro atoms. The average Bonchev–Trinajstić information content (AvgIpc) is 4.08. The fourth-order valence-electron chi connectivity index (χ4n) is 11.9.